The van der Waals surface area contributed by atoms with Crippen molar-refractivity contribution in [3.63, 3.8) is 0 Å². The van der Waals surface area contributed by atoms with Crippen molar-refractivity contribution < 1.29 is 24.4 Å². The number of fused-ring (bicyclic) bond motifs is 1. The van der Waals surface area contributed by atoms with Gasteiger partial charge in [-0.05, 0) is 36.5 Å². The predicted molar refractivity (Wildman–Crippen MR) is 108 cm³/mol. The van der Waals surface area contributed by atoms with E-state index in [1.165, 1.54) is 10.7 Å². The van der Waals surface area contributed by atoms with Crippen molar-refractivity contribution in [2.75, 3.05) is 12.0 Å². The second kappa shape index (κ2) is 9.29. The van der Waals surface area contributed by atoms with Gasteiger partial charge in [-0.15, -0.1) is 5.10 Å². The Morgan fingerprint density at radius 3 is 2.97 bits per heavy atom. The van der Waals surface area contributed by atoms with Crippen molar-refractivity contribution in [2.45, 2.75) is 31.4 Å². The smallest absolute Gasteiger partial charge is 0.534 e. The summed E-state index contributed by atoms with van der Waals surface area (Å²) in [6.07, 6.45) is 4.33. The van der Waals surface area contributed by atoms with Crippen LogP contribution >= 0.6 is 11.8 Å². The maximum atomic E-state index is 12.9. The first-order valence-electron chi connectivity index (χ1n) is 9.04. The Bertz CT molecular complexity index is 895. The average Bonchev–Trinajstić information content (AvgIpc) is 3.17. The highest BCUT2D eigenvalue weighted by Crippen LogP contribution is 2.30. The zero-order valence-electron chi connectivity index (χ0n) is 15.8. The molecule has 0 saturated carbocycles. The third-order valence-electron chi connectivity index (χ3n) is 4.66. The molecule has 1 aliphatic rings. The number of aromatic nitrogens is 3. The van der Waals surface area contributed by atoms with Crippen LogP contribution in [0.15, 0.2) is 24.4 Å². The SMILES string of the molecule is CSCC[C@@H](C(=O)N[C@H]1Cc2cccc(C(=O)O)c2OB1O)n1cc(CN)nn1. The van der Waals surface area contributed by atoms with Crippen molar-refractivity contribution >= 4 is 30.8 Å². The Morgan fingerprint density at radius 2 is 2.31 bits per heavy atom. The van der Waals surface area contributed by atoms with Crippen LogP contribution in [0.3, 0.4) is 0 Å². The average molecular weight is 419 g/mol. The van der Waals surface area contributed by atoms with E-state index in [-0.39, 0.29) is 30.2 Å². The van der Waals surface area contributed by atoms with Crippen LogP contribution in [-0.4, -0.2) is 62.1 Å². The lowest BCUT2D eigenvalue weighted by molar-refractivity contribution is -0.125. The molecule has 1 aromatic carbocycles. The summed E-state index contributed by atoms with van der Waals surface area (Å²) in [6.45, 7) is 0.217. The summed E-state index contributed by atoms with van der Waals surface area (Å²) in [6, 6.07) is 4.11. The molecular formula is C17H22BN5O5S. The number of carboxylic acids is 1. The van der Waals surface area contributed by atoms with Crippen LogP contribution in [0.25, 0.3) is 0 Å². The van der Waals surface area contributed by atoms with Crippen LogP contribution < -0.4 is 15.7 Å². The summed E-state index contributed by atoms with van der Waals surface area (Å²) in [4.78, 5) is 24.3. The molecule has 1 amide bonds. The number of nitrogens with one attached hydrogen (secondary N) is 1. The van der Waals surface area contributed by atoms with Crippen molar-refractivity contribution in [3.8, 4) is 5.75 Å². The molecule has 1 aromatic heterocycles. The van der Waals surface area contributed by atoms with Crippen LogP contribution in [0, 0.1) is 0 Å². The number of para-hydroxylation sites is 1. The fraction of sp³-hybridized carbons (Fsp3) is 0.412. The first-order chi connectivity index (χ1) is 13.9. The first kappa shape index (κ1) is 21.2. The van der Waals surface area contributed by atoms with E-state index in [4.69, 9.17) is 10.4 Å². The van der Waals surface area contributed by atoms with E-state index in [0.29, 0.717) is 17.7 Å². The van der Waals surface area contributed by atoms with Crippen molar-refractivity contribution in [3.05, 3.63) is 41.2 Å². The van der Waals surface area contributed by atoms with Gasteiger partial charge in [0.25, 0.3) is 0 Å². The second-order valence-electron chi connectivity index (χ2n) is 6.62. The number of carbonyl (C=O) groups excluding carboxylic acids is 1. The number of hydrogen-bond acceptors (Lipinski definition) is 8. The molecule has 2 aromatic rings. The van der Waals surface area contributed by atoms with Crippen molar-refractivity contribution in [1.82, 2.24) is 20.3 Å². The monoisotopic (exact) mass is 419 g/mol. The van der Waals surface area contributed by atoms with E-state index in [1.807, 2.05) is 6.26 Å². The van der Waals surface area contributed by atoms with Crippen molar-refractivity contribution in [1.29, 1.82) is 0 Å². The number of carbonyl (C=O) groups is 2. The Morgan fingerprint density at radius 1 is 1.52 bits per heavy atom. The third-order valence-corrected chi connectivity index (χ3v) is 5.31. The normalized spacial score (nSPS) is 16.7. The fourth-order valence-electron chi connectivity index (χ4n) is 3.17. The largest absolute Gasteiger partial charge is 0.547 e. The molecule has 2 heterocycles. The van der Waals surface area contributed by atoms with Gasteiger partial charge < -0.3 is 25.8 Å². The number of thioether (sulfide) groups is 1. The summed E-state index contributed by atoms with van der Waals surface area (Å²) in [5.41, 5.74) is 6.72. The van der Waals surface area contributed by atoms with Crippen LogP contribution in [0.1, 0.15) is 34.1 Å². The molecule has 10 nitrogen and oxygen atoms in total. The molecule has 0 spiro atoms. The Balaban J connectivity index is 1.77. The van der Waals surface area contributed by atoms with Gasteiger partial charge in [0.05, 0.1) is 23.4 Å². The van der Waals surface area contributed by atoms with E-state index in [0.717, 1.165) is 5.75 Å². The molecule has 0 bridgehead atoms. The minimum absolute atomic E-state index is 0.0268. The van der Waals surface area contributed by atoms with E-state index in [9.17, 15) is 19.7 Å². The van der Waals surface area contributed by atoms with E-state index in [1.54, 1.807) is 30.1 Å². The molecule has 154 valence electrons. The summed E-state index contributed by atoms with van der Waals surface area (Å²) in [5, 5.41) is 30.4. The molecular weight excluding hydrogens is 397 g/mol. The highest BCUT2D eigenvalue weighted by Gasteiger charge is 2.39. The molecule has 0 fully saturated rings. The van der Waals surface area contributed by atoms with E-state index >= 15 is 0 Å². The summed E-state index contributed by atoms with van der Waals surface area (Å²) < 4.78 is 6.90. The second-order valence-corrected chi connectivity index (χ2v) is 7.60. The summed E-state index contributed by atoms with van der Waals surface area (Å²) in [5.74, 6) is -1.35. The number of amides is 1. The molecule has 0 radical (unpaired) electrons. The van der Waals surface area contributed by atoms with Gasteiger partial charge in [0.1, 0.15) is 11.8 Å². The van der Waals surface area contributed by atoms with Gasteiger partial charge >= 0.3 is 13.1 Å². The quantitative estimate of drug-likeness (QED) is 0.429. The standard InChI is InChI=1S/C17H22BN5O5S/c1-29-6-5-13(23-9-11(8-19)21-22-23)16(24)20-14-7-10-3-2-4-12(17(25)26)15(10)28-18(14)27/h2-4,9,13-14,27H,5-8,19H2,1H3,(H,20,24)(H,25,26)/t13-,14-/m0/s1. The van der Waals surface area contributed by atoms with Crippen LogP contribution in [0.4, 0.5) is 0 Å². The molecule has 0 aliphatic carbocycles. The van der Waals surface area contributed by atoms with Crippen LogP contribution in [-0.2, 0) is 17.8 Å². The number of nitrogens with zero attached hydrogens (tertiary/aromatic N) is 3. The molecule has 1 aliphatic heterocycles. The lowest BCUT2D eigenvalue weighted by atomic mass is 9.72. The number of nitrogens with two attached hydrogens (primary N) is 1. The molecule has 12 heteroatoms. The van der Waals surface area contributed by atoms with Gasteiger partial charge in [-0.1, -0.05) is 17.3 Å². The molecule has 29 heavy (non-hydrogen) atoms. The Labute approximate surface area is 171 Å². The fourth-order valence-corrected chi connectivity index (χ4v) is 3.63. The number of benzene rings is 1. The van der Waals surface area contributed by atoms with Gasteiger partial charge in [-0.3, -0.25) is 4.79 Å². The predicted octanol–water partition coefficient (Wildman–Crippen LogP) is -0.131. The summed E-state index contributed by atoms with van der Waals surface area (Å²) in [7, 11) is -1.37. The zero-order valence-corrected chi connectivity index (χ0v) is 16.6. The Hall–Kier alpha value is -2.57. The first-order valence-corrected chi connectivity index (χ1v) is 10.4. The van der Waals surface area contributed by atoms with Crippen LogP contribution in [0.5, 0.6) is 5.75 Å². The molecule has 2 atom stereocenters. The molecule has 5 N–H and O–H groups in total. The van der Waals surface area contributed by atoms with Crippen molar-refractivity contribution in [2.24, 2.45) is 5.73 Å². The van der Waals surface area contributed by atoms with Gasteiger partial charge in [-0.2, -0.15) is 11.8 Å². The number of hydrogen-bond donors (Lipinski definition) is 4. The van der Waals surface area contributed by atoms with E-state index in [2.05, 4.69) is 15.6 Å². The highest BCUT2D eigenvalue weighted by molar-refractivity contribution is 7.98. The summed E-state index contributed by atoms with van der Waals surface area (Å²) >= 11 is 1.60. The zero-order chi connectivity index (χ0) is 21.0. The van der Waals surface area contributed by atoms with Gasteiger partial charge in [0.15, 0.2) is 0 Å². The van der Waals surface area contributed by atoms with Gasteiger partial charge in [0.2, 0.25) is 5.91 Å². The number of aromatic carboxylic acids is 1. The molecule has 0 unspecified atom stereocenters. The van der Waals surface area contributed by atoms with Gasteiger partial charge in [0, 0.05) is 6.54 Å². The molecule has 0 saturated heterocycles. The van der Waals surface area contributed by atoms with E-state index < -0.39 is 25.1 Å². The number of rotatable bonds is 8. The maximum absolute atomic E-state index is 12.9. The lowest BCUT2D eigenvalue weighted by Gasteiger charge is -2.30. The third kappa shape index (κ3) is 4.71. The minimum Gasteiger partial charge on any atom is -0.534 e. The van der Waals surface area contributed by atoms with Crippen LogP contribution in [0.2, 0.25) is 0 Å². The van der Waals surface area contributed by atoms with Gasteiger partial charge in [-0.25, -0.2) is 9.48 Å². The molecule has 3 rings (SSSR count). The maximum Gasteiger partial charge on any atom is 0.547 e. The highest BCUT2D eigenvalue weighted by atomic mass is 32.2. The topological polar surface area (TPSA) is 153 Å². The minimum atomic E-state index is -1.37. The number of carboxylic acid groups (broad SMARTS) is 1. The Kier molecular flexibility index (Phi) is 6.77. The lowest BCUT2D eigenvalue weighted by Crippen LogP contribution is -2.54.